The Morgan fingerprint density at radius 3 is 2.48 bits per heavy atom. The fourth-order valence-electron chi connectivity index (χ4n) is 3.83. The number of aromatic nitrogens is 2. The molecule has 2 aliphatic heterocycles. The summed E-state index contributed by atoms with van der Waals surface area (Å²) in [6, 6.07) is -0.609. The predicted molar refractivity (Wildman–Crippen MR) is 107 cm³/mol. The quantitative estimate of drug-likeness (QED) is 0.627. The number of ether oxygens (including phenoxy) is 1. The molecule has 1 aromatic rings. The number of carbonyl (C=O) groups excluding carboxylic acids is 2. The van der Waals surface area contributed by atoms with E-state index in [9.17, 15) is 22.8 Å². The van der Waals surface area contributed by atoms with Crippen LogP contribution in [0.2, 0.25) is 0 Å². The van der Waals surface area contributed by atoms with Gasteiger partial charge < -0.3 is 26.0 Å². The Labute approximate surface area is 183 Å². The summed E-state index contributed by atoms with van der Waals surface area (Å²) in [4.78, 5) is 35.6. The fraction of sp³-hybridized carbons (Fsp3) is 0.667. The Kier molecular flexibility index (Phi) is 8.06. The minimum atomic E-state index is -4.53. The van der Waals surface area contributed by atoms with E-state index in [0.29, 0.717) is 38.3 Å². The first-order chi connectivity index (χ1) is 14.1. The monoisotopic (exact) mass is 466 g/mol. The van der Waals surface area contributed by atoms with Crippen LogP contribution in [0.25, 0.3) is 0 Å². The van der Waals surface area contributed by atoms with Gasteiger partial charge in [-0.2, -0.15) is 13.2 Å². The van der Waals surface area contributed by atoms with Crippen molar-refractivity contribution in [3.8, 4) is 0 Å². The lowest BCUT2D eigenvalue weighted by Crippen LogP contribution is -2.56. The van der Waals surface area contributed by atoms with Crippen LogP contribution in [-0.2, 0) is 20.5 Å². The predicted octanol–water partition coefficient (Wildman–Crippen LogP) is 0.562. The summed E-state index contributed by atoms with van der Waals surface area (Å²) in [6.45, 7) is 2.95. The van der Waals surface area contributed by atoms with Gasteiger partial charge in [0.25, 0.3) is 5.91 Å². The van der Waals surface area contributed by atoms with E-state index in [-0.39, 0.29) is 43.5 Å². The molecule has 3 heterocycles. The maximum absolute atomic E-state index is 12.7. The van der Waals surface area contributed by atoms with Crippen molar-refractivity contribution in [2.75, 3.05) is 31.1 Å². The maximum Gasteiger partial charge on any atom is 0.419 e. The fourth-order valence-corrected chi connectivity index (χ4v) is 3.83. The second-order valence-corrected chi connectivity index (χ2v) is 7.70. The van der Waals surface area contributed by atoms with Gasteiger partial charge in [-0.3, -0.25) is 9.59 Å². The van der Waals surface area contributed by atoms with Crippen molar-refractivity contribution in [3.63, 3.8) is 0 Å². The standard InChI is InChI=1S/C18H25F3N6O3.ClH/c1-10(22)9-30-14-3-5-27(16(14)29)13-2-4-26(8-12(13)15(23)28)17-24-6-11(7-25-17)18(19,20)21;/h6-7,10,12-14H,2-5,8-9,22H2,1H3,(H2,23,28);1H/t10?,12?,13?,14-;/m1./s1. The van der Waals surface area contributed by atoms with Crippen molar-refractivity contribution in [1.29, 1.82) is 0 Å². The third-order valence-electron chi connectivity index (χ3n) is 5.34. The first kappa shape index (κ1) is 25.1. The van der Waals surface area contributed by atoms with Crippen LogP contribution in [0.15, 0.2) is 12.4 Å². The number of nitrogens with zero attached hydrogens (tertiary/aromatic N) is 4. The zero-order valence-corrected chi connectivity index (χ0v) is 17.7. The molecule has 3 unspecified atom stereocenters. The molecule has 0 saturated carbocycles. The van der Waals surface area contributed by atoms with Crippen LogP contribution in [0.3, 0.4) is 0 Å². The number of rotatable bonds is 6. The molecule has 1 aromatic heterocycles. The minimum absolute atomic E-state index is 0. The zero-order chi connectivity index (χ0) is 22.1. The SMILES string of the molecule is CC(N)CO[C@@H]1CCN(C2CCN(c3ncc(C(F)(F)F)cn3)CC2C(N)=O)C1=O.Cl. The van der Waals surface area contributed by atoms with Crippen molar-refractivity contribution in [2.45, 2.75) is 44.1 Å². The molecule has 0 bridgehead atoms. The van der Waals surface area contributed by atoms with Crippen molar-refractivity contribution in [1.82, 2.24) is 14.9 Å². The Hall–Kier alpha value is -2.18. The Balaban J connectivity index is 0.00000341. The van der Waals surface area contributed by atoms with E-state index in [0.717, 1.165) is 0 Å². The zero-order valence-electron chi connectivity index (χ0n) is 16.9. The van der Waals surface area contributed by atoms with Gasteiger partial charge in [0, 0.05) is 50.5 Å². The lowest BCUT2D eigenvalue weighted by atomic mass is 9.90. The number of nitrogens with two attached hydrogens (primary N) is 2. The van der Waals surface area contributed by atoms with E-state index in [2.05, 4.69) is 9.97 Å². The largest absolute Gasteiger partial charge is 0.419 e. The normalized spacial score (nSPS) is 25.3. The molecule has 2 saturated heterocycles. The van der Waals surface area contributed by atoms with Crippen molar-refractivity contribution < 1.29 is 27.5 Å². The number of amides is 2. The van der Waals surface area contributed by atoms with Gasteiger partial charge in [0.2, 0.25) is 11.9 Å². The summed E-state index contributed by atoms with van der Waals surface area (Å²) < 4.78 is 43.7. The summed E-state index contributed by atoms with van der Waals surface area (Å²) in [5.41, 5.74) is 10.3. The smallest absolute Gasteiger partial charge is 0.369 e. The van der Waals surface area contributed by atoms with Crippen molar-refractivity contribution >= 4 is 30.2 Å². The third-order valence-corrected chi connectivity index (χ3v) is 5.34. The highest BCUT2D eigenvalue weighted by Crippen LogP contribution is 2.31. The van der Waals surface area contributed by atoms with Gasteiger partial charge in [0.05, 0.1) is 18.1 Å². The molecule has 0 aliphatic carbocycles. The summed E-state index contributed by atoms with van der Waals surface area (Å²) >= 11 is 0. The van der Waals surface area contributed by atoms with E-state index in [1.165, 1.54) is 0 Å². The first-order valence-electron chi connectivity index (χ1n) is 9.69. The molecule has 3 rings (SSSR count). The molecule has 13 heteroatoms. The van der Waals surface area contributed by atoms with Crippen LogP contribution in [0.1, 0.15) is 25.3 Å². The van der Waals surface area contributed by atoms with Crippen LogP contribution >= 0.6 is 12.4 Å². The van der Waals surface area contributed by atoms with Crippen molar-refractivity contribution in [2.24, 2.45) is 17.4 Å². The van der Waals surface area contributed by atoms with Gasteiger partial charge in [0.15, 0.2) is 0 Å². The molecular weight excluding hydrogens is 441 g/mol. The number of primary amides is 1. The van der Waals surface area contributed by atoms with E-state index < -0.39 is 35.7 Å². The molecule has 0 aromatic carbocycles. The molecule has 31 heavy (non-hydrogen) atoms. The number of alkyl halides is 3. The van der Waals surface area contributed by atoms with Crippen LogP contribution < -0.4 is 16.4 Å². The lowest BCUT2D eigenvalue weighted by molar-refractivity contribution is -0.142. The highest BCUT2D eigenvalue weighted by Gasteiger charge is 2.44. The molecule has 0 spiro atoms. The Morgan fingerprint density at radius 2 is 1.94 bits per heavy atom. The van der Waals surface area contributed by atoms with Gasteiger partial charge in [-0.15, -0.1) is 12.4 Å². The highest BCUT2D eigenvalue weighted by molar-refractivity contribution is 5.85. The molecule has 174 valence electrons. The topological polar surface area (TPSA) is 128 Å². The third kappa shape index (κ3) is 5.74. The van der Waals surface area contributed by atoms with E-state index >= 15 is 0 Å². The number of carbonyl (C=O) groups is 2. The van der Waals surface area contributed by atoms with Gasteiger partial charge >= 0.3 is 6.18 Å². The van der Waals surface area contributed by atoms with Crippen LogP contribution in [-0.4, -0.2) is 71.1 Å². The molecular formula is C18H26ClF3N6O3. The van der Waals surface area contributed by atoms with Crippen LogP contribution in [0.4, 0.5) is 19.1 Å². The Bertz CT molecular complexity index is 780. The number of likely N-dealkylation sites (tertiary alicyclic amines) is 1. The minimum Gasteiger partial charge on any atom is -0.369 e. The summed E-state index contributed by atoms with van der Waals surface area (Å²) in [7, 11) is 0. The van der Waals surface area contributed by atoms with Crippen LogP contribution in [0, 0.1) is 5.92 Å². The van der Waals surface area contributed by atoms with E-state index in [4.69, 9.17) is 16.2 Å². The first-order valence-corrected chi connectivity index (χ1v) is 9.69. The number of hydrogen-bond donors (Lipinski definition) is 2. The molecule has 4 atom stereocenters. The second kappa shape index (κ2) is 9.96. The molecule has 2 amide bonds. The number of anilines is 1. The molecule has 0 radical (unpaired) electrons. The number of halogens is 4. The van der Waals surface area contributed by atoms with Crippen LogP contribution in [0.5, 0.6) is 0 Å². The van der Waals surface area contributed by atoms with Gasteiger partial charge in [-0.1, -0.05) is 0 Å². The summed E-state index contributed by atoms with van der Waals surface area (Å²) in [5.74, 6) is -1.42. The number of piperidine rings is 1. The Morgan fingerprint density at radius 1 is 1.29 bits per heavy atom. The molecule has 4 N–H and O–H groups in total. The van der Waals surface area contributed by atoms with Gasteiger partial charge in [-0.05, 0) is 13.3 Å². The maximum atomic E-state index is 12.7. The van der Waals surface area contributed by atoms with E-state index in [1.807, 2.05) is 0 Å². The summed E-state index contributed by atoms with van der Waals surface area (Å²) in [5, 5.41) is 0. The molecule has 9 nitrogen and oxygen atoms in total. The molecule has 2 aliphatic rings. The average molecular weight is 467 g/mol. The molecule has 2 fully saturated rings. The summed E-state index contributed by atoms with van der Waals surface area (Å²) in [6.07, 6.45) is -2.81. The van der Waals surface area contributed by atoms with E-state index in [1.54, 1.807) is 16.7 Å². The average Bonchev–Trinajstić information content (AvgIpc) is 3.05. The van der Waals surface area contributed by atoms with Crippen molar-refractivity contribution in [3.05, 3.63) is 18.0 Å². The number of hydrogen-bond acceptors (Lipinski definition) is 7. The van der Waals surface area contributed by atoms with Gasteiger partial charge in [0.1, 0.15) is 6.10 Å². The lowest BCUT2D eigenvalue weighted by Gasteiger charge is -2.41. The highest BCUT2D eigenvalue weighted by atomic mass is 35.5. The second-order valence-electron chi connectivity index (χ2n) is 7.70. The van der Waals surface area contributed by atoms with Gasteiger partial charge in [-0.25, -0.2) is 9.97 Å².